The molecule has 1 aliphatic rings. The predicted octanol–water partition coefficient (Wildman–Crippen LogP) is 2.93. The number of nitrogens with one attached hydrogen (secondary N) is 2. The van der Waals surface area contributed by atoms with Crippen LogP contribution in [0, 0.1) is 0 Å². The van der Waals surface area contributed by atoms with Crippen LogP contribution in [0.1, 0.15) is 18.4 Å². The lowest BCUT2D eigenvalue weighted by atomic mass is 9.85. The Bertz CT molecular complexity index is 740. The number of benzene rings is 2. The maximum atomic E-state index is 12.7. The van der Waals surface area contributed by atoms with Crippen LogP contribution < -0.4 is 15.4 Å². The van der Waals surface area contributed by atoms with E-state index in [1.807, 2.05) is 30.3 Å². The average molecular weight is 367 g/mol. The van der Waals surface area contributed by atoms with Gasteiger partial charge in [-0.1, -0.05) is 36.4 Å². The van der Waals surface area contributed by atoms with E-state index >= 15 is 0 Å². The number of piperidine rings is 1. The molecule has 0 aliphatic carbocycles. The highest BCUT2D eigenvalue weighted by atomic mass is 16.5. The topological polar surface area (TPSA) is 53.6 Å². The minimum atomic E-state index is -0.579. The molecule has 1 saturated heterocycles. The van der Waals surface area contributed by atoms with Gasteiger partial charge in [-0.25, -0.2) is 0 Å². The van der Waals surface area contributed by atoms with Gasteiger partial charge in [0.05, 0.1) is 7.11 Å². The van der Waals surface area contributed by atoms with E-state index < -0.39 is 5.54 Å². The molecule has 5 nitrogen and oxygen atoms in total. The predicted molar refractivity (Wildman–Crippen MR) is 109 cm³/mol. The van der Waals surface area contributed by atoms with Crippen LogP contribution in [-0.4, -0.2) is 50.1 Å². The molecule has 0 atom stereocenters. The van der Waals surface area contributed by atoms with Gasteiger partial charge < -0.3 is 20.3 Å². The van der Waals surface area contributed by atoms with Crippen LogP contribution in [0.15, 0.2) is 54.6 Å². The van der Waals surface area contributed by atoms with Crippen molar-refractivity contribution in [3.63, 3.8) is 0 Å². The fraction of sp³-hybridized carbons (Fsp3) is 0.409. The number of likely N-dealkylation sites (N-methyl/N-ethyl adjacent to an activating group) is 1. The van der Waals surface area contributed by atoms with E-state index in [4.69, 9.17) is 4.74 Å². The van der Waals surface area contributed by atoms with Crippen molar-refractivity contribution in [2.45, 2.75) is 24.8 Å². The number of methoxy groups -OCH3 is 1. The molecule has 1 amide bonds. The lowest BCUT2D eigenvalue weighted by Gasteiger charge is -2.41. The molecule has 0 saturated carbocycles. The van der Waals surface area contributed by atoms with E-state index in [2.05, 4.69) is 39.8 Å². The maximum Gasteiger partial charge on any atom is 0.245 e. The third-order valence-electron chi connectivity index (χ3n) is 5.38. The molecule has 0 bridgehead atoms. The summed E-state index contributed by atoms with van der Waals surface area (Å²) in [4.78, 5) is 15.2. The largest absolute Gasteiger partial charge is 0.497 e. The minimum absolute atomic E-state index is 0.0491. The molecular weight excluding hydrogens is 338 g/mol. The molecule has 5 heteroatoms. The van der Waals surface area contributed by atoms with Gasteiger partial charge in [-0.15, -0.1) is 0 Å². The second-order valence-electron chi connectivity index (χ2n) is 7.10. The smallest absolute Gasteiger partial charge is 0.245 e. The fourth-order valence-electron chi connectivity index (χ4n) is 3.72. The Kier molecular flexibility index (Phi) is 6.35. The second kappa shape index (κ2) is 8.91. The molecular formula is C22H29N3O2. The maximum absolute atomic E-state index is 12.7. The van der Waals surface area contributed by atoms with Crippen LogP contribution in [0.5, 0.6) is 5.75 Å². The molecule has 2 aromatic carbocycles. The zero-order valence-electron chi connectivity index (χ0n) is 16.2. The molecule has 1 heterocycles. The number of amides is 1. The van der Waals surface area contributed by atoms with Crippen LogP contribution in [-0.2, 0) is 11.2 Å². The molecule has 0 radical (unpaired) electrons. The van der Waals surface area contributed by atoms with Crippen molar-refractivity contribution in [1.82, 2.24) is 10.2 Å². The molecule has 1 aliphatic heterocycles. The summed E-state index contributed by atoms with van der Waals surface area (Å²) in [5, 5.41) is 6.34. The Morgan fingerprint density at radius 1 is 1.11 bits per heavy atom. The van der Waals surface area contributed by atoms with Crippen molar-refractivity contribution in [1.29, 1.82) is 0 Å². The first-order valence-corrected chi connectivity index (χ1v) is 9.56. The van der Waals surface area contributed by atoms with Crippen LogP contribution in [0.4, 0.5) is 5.69 Å². The zero-order valence-corrected chi connectivity index (χ0v) is 16.2. The zero-order chi connectivity index (χ0) is 19.1. The second-order valence-corrected chi connectivity index (χ2v) is 7.10. The van der Waals surface area contributed by atoms with E-state index in [1.54, 1.807) is 14.2 Å². The highest BCUT2D eigenvalue weighted by Gasteiger charge is 2.40. The molecule has 144 valence electrons. The first-order valence-electron chi connectivity index (χ1n) is 9.56. The van der Waals surface area contributed by atoms with E-state index in [1.165, 1.54) is 5.56 Å². The standard InChI is InChI=1S/C22H29N3O2/c1-23-21(26)22(24-19-9-6-10-20(17-19)27-2)12-15-25(16-13-22)14-11-18-7-4-3-5-8-18/h3-10,17,24H,11-16H2,1-2H3,(H,23,26). The first-order chi connectivity index (χ1) is 13.1. The Morgan fingerprint density at radius 2 is 1.85 bits per heavy atom. The number of hydrogen-bond donors (Lipinski definition) is 2. The summed E-state index contributed by atoms with van der Waals surface area (Å²) in [6.07, 6.45) is 2.59. The van der Waals surface area contributed by atoms with E-state index in [0.29, 0.717) is 0 Å². The Hall–Kier alpha value is -2.53. The van der Waals surface area contributed by atoms with Crippen LogP contribution >= 0.6 is 0 Å². The molecule has 27 heavy (non-hydrogen) atoms. The van der Waals surface area contributed by atoms with Gasteiger partial charge in [0, 0.05) is 38.4 Å². The van der Waals surface area contributed by atoms with Gasteiger partial charge in [-0.05, 0) is 37.0 Å². The summed E-state index contributed by atoms with van der Waals surface area (Å²) in [7, 11) is 3.36. The number of carbonyl (C=O) groups excluding carboxylic acids is 1. The normalized spacial score (nSPS) is 16.5. The summed E-state index contributed by atoms with van der Waals surface area (Å²) in [5.41, 5.74) is 1.69. The number of anilines is 1. The molecule has 1 fully saturated rings. The molecule has 2 N–H and O–H groups in total. The highest BCUT2D eigenvalue weighted by molar-refractivity contribution is 5.89. The lowest BCUT2D eigenvalue weighted by Crippen LogP contribution is -2.58. The SMILES string of the molecule is CNC(=O)C1(Nc2cccc(OC)c2)CCN(CCc2ccccc2)CC1. The first kappa shape index (κ1) is 19.2. The van der Waals surface area contributed by atoms with E-state index in [0.717, 1.165) is 50.3 Å². The van der Waals surface area contributed by atoms with Crippen molar-refractivity contribution >= 4 is 11.6 Å². The number of nitrogens with zero attached hydrogens (tertiary/aromatic N) is 1. The molecule has 2 aromatic rings. The number of carbonyl (C=O) groups is 1. The van der Waals surface area contributed by atoms with Crippen LogP contribution in [0.3, 0.4) is 0 Å². The molecule has 3 rings (SSSR count). The minimum Gasteiger partial charge on any atom is -0.497 e. The Labute approximate surface area is 161 Å². The number of likely N-dealkylation sites (tertiary alicyclic amines) is 1. The number of rotatable bonds is 7. The lowest BCUT2D eigenvalue weighted by molar-refractivity contribution is -0.126. The van der Waals surface area contributed by atoms with Crippen molar-refractivity contribution in [2.24, 2.45) is 0 Å². The van der Waals surface area contributed by atoms with Gasteiger partial charge in [0.15, 0.2) is 0 Å². The fourth-order valence-corrected chi connectivity index (χ4v) is 3.72. The van der Waals surface area contributed by atoms with Crippen molar-refractivity contribution in [3.8, 4) is 5.75 Å². The monoisotopic (exact) mass is 367 g/mol. The van der Waals surface area contributed by atoms with Gasteiger partial charge in [-0.3, -0.25) is 4.79 Å². The quantitative estimate of drug-likeness (QED) is 0.790. The van der Waals surface area contributed by atoms with E-state index in [9.17, 15) is 4.79 Å². The van der Waals surface area contributed by atoms with Gasteiger partial charge in [0.25, 0.3) is 0 Å². The number of ether oxygens (including phenoxy) is 1. The third-order valence-corrected chi connectivity index (χ3v) is 5.38. The Balaban J connectivity index is 1.63. The summed E-state index contributed by atoms with van der Waals surface area (Å²) in [6.45, 7) is 2.82. The van der Waals surface area contributed by atoms with Crippen LogP contribution in [0.2, 0.25) is 0 Å². The molecule has 0 spiro atoms. The summed E-state index contributed by atoms with van der Waals surface area (Å²) in [6, 6.07) is 18.3. The van der Waals surface area contributed by atoms with Crippen molar-refractivity contribution in [3.05, 3.63) is 60.2 Å². The van der Waals surface area contributed by atoms with Crippen molar-refractivity contribution < 1.29 is 9.53 Å². The Morgan fingerprint density at radius 3 is 2.52 bits per heavy atom. The van der Waals surface area contributed by atoms with Gasteiger partial charge in [-0.2, -0.15) is 0 Å². The summed E-state index contributed by atoms with van der Waals surface area (Å²) < 4.78 is 5.31. The van der Waals surface area contributed by atoms with Gasteiger partial charge in [0.2, 0.25) is 5.91 Å². The highest BCUT2D eigenvalue weighted by Crippen LogP contribution is 2.29. The van der Waals surface area contributed by atoms with E-state index in [-0.39, 0.29) is 5.91 Å². The average Bonchev–Trinajstić information content (AvgIpc) is 2.73. The third kappa shape index (κ3) is 4.80. The van der Waals surface area contributed by atoms with Gasteiger partial charge >= 0.3 is 0 Å². The van der Waals surface area contributed by atoms with Crippen molar-refractivity contribution in [2.75, 3.05) is 39.1 Å². The van der Waals surface area contributed by atoms with Gasteiger partial charge in [0.1, 0.15) is 11.3 Å². The number of hydrogen-bond acceptors (Lipinski definition) is 4. The van der Waals surface area contributed by atoms with Crippen LogP contribution in [0.25, 0.3) is 0 Å². The molecule has 0 unspecified atom stereocenters. The summed E-state index contributed by atoms with van der Waals surface area (Å²) >= 11 is 0. The summed E-state index contributed by atoms with van der Waals surface area (Å²) in [5.74, 6) is 0.834. The molecule has 0 aromatic heterocycles.